The van der Waals surface area contributed by atoms with Gasteiger partial charge in [-0.1, -0.05) is 32.0 Å². The predicted molar refractivity (Wildman–Crippen MR) is 129 cm³/mol. The Bertz CT molecular complexity index is 972. The number of rotatable bonds is 6. The zero-order chi connectivity index (χ0) is 20.9. The molecule has 0 aliphatic carbocycles. The second-order valence-electron chi connectivity index (χ2n) is 8.13. The Labute approximate surface area is 183 Å². The van der Waals surface area contributed by atoms with Crippen molar-refractivity contribution in [3.63, 3.8) is 0 Å². The highest BCUT2D eigenvalue weighted by Gasteiger charge is 2.25. The van der Waals surface area contributed by atoms with E-state index in [1.165, 1.54) is 54.4 Å². The lowest BCUT2D eigenvalue weighted by Gasteiger charge is -2.37. The minimum atomic E-state index is -0.212. The summed E-state index contributed by atoms with van der Waals surface area (Å²) in [7, 11) is 0. The molecule has 4 rings (SSSR count). The molecule has 0 unspecified atom stereocenters. The number of likely N-dealkylation sites (tertiary alicyclic amines) is 1. The van der Waals surface area contributed by atoms with Crippen molar-refractivity contribution >= 4 is 38.8 Å². The number of para-hydroxylation sites is 1. The van der Waals surface area contributed by atoms with Crippen molar-refractivity contribution in [3.8, 4) is 0 Å². The number of nitrogens with zero attached hydrogens (tertiary/aromatic N) is 1. The first kappa shape index (κ1) is 20.9. The molecular formula is C25H31N3OS. The third-order valence-corrected chi connectivity index (χ3v) is 7.30. The molecule has 0 atom stereocenters. The van der Waals surface area contributed by atoms with E-state index in [-0.39, 0.29) is 6.03 Å². The molecule has 0 spiro atoms. The molecule has 1 fully saturated rings. The van der Waals surface area contributed by atoms with Crippen LogP contribution in [0.4, 0.5) is 16.2 Å². The van der Waals surface area contributed by atoms with E-state index < -0.39 is 0 Å². The number of thiophene rings is 1. The topological polar surface area (TPSA) is 44.4 Å². The Morgan fingerprint density at radius 2 is 1.73 bits per heavy atom. The third kappa shape index (κ3) is 4.68. The lowest BCUT2D eigenvalue weighted by Crippen LogP contribution is -2.40. The molecule has 3 aromatic rings. The maximum atomic E-state index is 12.4. The molecule has 1 aromatic heterocycles. The number of urea groups is 1. The molecule has 2 aromatic carbocycles. The largest absolute Gasteiger partial charge is 0.323 e. The van der Waals surface area contributed by atoms with E-state index in [9.17, 15) is 4.79 Å². The molecule has 2 N–H and O–H groups in total. The fourth-order valence-corrected chi connectivity index (χ4v) is 5.66. The number of amides is 2. The number of carbonyl (C=O) groups is 1. The summed E-state index contributed by atoms with van der Waals surface area (Å²) >= 11 is 1.81. The smallest absolute Gasteiger partial charge is 0.308 e. The molecule has 0 saturated carbocycles. The van der Waals surface area contributed by atoms with Gasteiger partial charge in [0, 0.05) is 22.1 Å². The van der Waals surface area contributed by atoms with Gasteiger partial charge >= 0.3 is 6.03 Å². The quantitative estimate of drug-likeness (QED) is 0.454. The van der Waals surface area contributed by atoms with Crippen LogP contribution in [0.25, 0.3) is 10.1 Å². The maximum absolute atomic E-state index is 12.4. The molecule has 5 heteroatoms. The van der Waals surface area contributed by atoms with Crippen LogP contribution in [0, 0.1) is 0 Å². The van der Waals surface area contributed by atoms with Gasteiger partial charge < -0.3 is 15.5 Å². The second-order valence-corrected chi connectivity index (χ2v) is 9.04. The second kappa shape index (κ2) is 9.63. The van der Waals surface area contributed by atoms with Crippen LogP contribution in [0.3, 0.4) is 0 Å². The van der Waals surface area contributed by atoms with Gasteiger partial charge in [0.05, 0.1) is 0 Å². The summed E-state index contributed by atoms with van der Waals surface area (Å²) < 4.78 is 1.29. The Morgan fingerprint density at radius 3 is 2.43 bits per heavy atom. The van der Waals surface area contributed by atoms with Gasteiger partial charge in [-0.15, -0.1) is 11.3 Å². The maximum Gasteiger partial charge on any atom is 0.323 e. The van der Waals surface area contributed by atoms with Crippen molar-refractivity contribution in [1.82, 2.24) is 4.90 Å². The van der Waals surface area contributed by atoms with Crippen LogP contribution in [0.1, 0.15) is 51.0 Å². The van der Waals surface area contributed by atoms with Crippen molar-refractivity contribution in [3.05, 3.63) is 59.5 Å². The molecule has 0 bridgehead atoms. The minimum Gasteiger partial charge on any atom is -0.308 e. The number of hydrogen-bond acceptors (Lipinski definition) is 3. The van der Waals surface area contributed by atoms with E-state index in [2.05, 4.69) is 46.9 Å². The number of piperidine rings is 1. The molecule has 1 aliphatic heterocycles. The summed E-state index contributed by atoms with van der Waals surface area (Å²) in [5.74, 6) is 0.609. The van der Waals surface area contributed by atoms with E-state index in [0.717, 1.165) is 17.4 Å². The summed E-state index contributed by atoms with van der Waals surface area (Å²) in [4.78, 5) is 15.0. The molecule has 0 radical (unpaired) electrons. The van der Waals surface area contributed by atoms with Crippen LogP contribution in [-0.4, -0.2) is 30.1 Å². The minimum absolute atomic E-state index is 0.212. The first-order chi connectivity index (χ1) is 14.7. The SMILES string of the molecule is CCC(CC)N1CCC(c2csc3ccc(NC(=O)Nc4ccccc4)cc23)CC1. The molecule has 158 valence electrons. The average molecular weight is 422 g/mol. The fraction of sp³-hybridized carbons (Fsp3) is 0.400. The fourth-order valence-electron chi connectivity index (χ4n) is 4.64. The van der Waals surface area contributed by atoms with E-state index in [4.69, 9.17) is 0 Å². The Morgan fingerprint density at radius 1 is 1.03 bits per heavy atom. The van der Waals surface area contributed by atoms with Gasteiger partial charge in [-0.3, -0.25) is 0 Å². The molecule has 30 heavy (non-hydrogen) atoms. The Balaban J connectivity index is 1.45. The van der Waals surface area contributed by atoms with E-state index >= 15 is 0 Å². The number of fused-ring (bicyclic) bond motifs is 1. The zero-order valence-corrected chi connectivity index (χ0v) is 18.7. The van der Waals surface area contributed by atoms with E-state index in [1.807, 2.05) is 47.7 Å². The molecule has 1 aliphatic rings. The van der Waals surface area contributed by atoms with Gasteiger partial charge in [-0.25, -0.2) is 4.79 Å². The van der Waals surface area contributed by atoms with Gasteiger partial charge in [-0.05, 0) is 91.4 Å². The lowest BCUT2D eigenvalue weighted by atomic mass is 9.88. The number of nitrogens with one attached hydrogen (secondary N) is 2. The summed E-state index contributed by atoms with van der Waals surface area (Å²) in [6.07, 6.45) is 4.91. The average Bonchev–Trinajstić information content (AvgIpc) is 3.19. The van der Waals surface area contributed by atoms with Crippen LogP contribution in [0.15, 0.2) is 53.9 Å². The predicted octanol–water partition coefficient (Wildman–Crippen LogP) is 6.91. The van der Waals surface area contributed by atoms with E-state index in [0.29, 0.717) is 5.92 Å². The Kier molecular flexibility index (Phi) is 6.70. The van der Waals surface area contributed by atoms with Crippen LogP contribution in [0.5, 0.6) is 0 Å². The van der Waals surface area contributed by atoms with Gasteiger partial charge in [0.2, 0.25) is 0 Å². The standard InChI is InChI=1S/C25H31N3OS/c1-3-21(4-2)28-14-12-18(13-15-28)23-17-30-24-11-10-20(16-22(23)24)27-25(29)26-19-8-6-5-7-9-19/h5-11,16-18,21H,3-4,12-15H2,1-2H3,(H2,26,27,29). The van der Waals surface area contributed by atoms with Crippen molar-refractivity contribution in [1.29, 1.82) is 0 Å². The van der Waals surface area contributed by atoms with E-state index in [1.54, 1.807) is 0 Å². The highest BCUT2D eigenvalue weighted by molar-refractivity contribution is 7.17. The first-order valence-corrected chi connectivity index (χ1v) is 11.9. The van der Waals surface area contributed by atoms with Crippen molar-refractivity contribution in [2.75, 3.05) is 23.7 Å². The van der Waals surface area contributed by atoms with Crippen LogP contribution >= 0.6 is 11.3 Å². The van der Waals surface area contributed by atoms with Gasteiger partial charge in [0.25, 0.3) is 0 Å². The van der Waals surface area contributed by atoms with Crippen molar-refractivity contribution in [2.24, 2.45) is 0 Å². The molecule has 4 nitrogen and oxygen atoms in total. The molecular weight excluding hydrogens is 390 g/mol. The summed E-state index contributed by atoms with van der Waals surface area (Å²) in [5.41, 5.74) is 3.08. The van der Waals surface area contributed by atoms with Crippen molar-refractivity contribution < 1.29 is 4.79 Å². The normalized spacial score (nSPS) is 15.6. The Hall–Kier alpha value is -2.37. The molecule has 2 heterocycles. The van der Waals surface area contributed by atoms with Crippen LogP contribution < -0.4 is 10.6 Å². The van der Waals surface area contributed by atoms with Crippen molar-refractivity contribution in [2.45, 2.75) is 51.5 Å². The summed E-state index contributed by atoms with van der Waals surface area (Å²) in [6, 6.07) is 16.3. The number of anilines is 2. The monoisotopic (exact) mass is 421 g/mol. The van der Waals surface area contributed by atoms with Crippen LogP contribution in [0.2, 0.25) is 0 Å². The first-order valence-electron chi connectivity index (χ1n) is 11.1. The van der Waals surface area contributed by atoms with Crippen LogP contribution in [-0.2, 0) is 0 Å². The summed E-state index contributed by atoms with van der Waals surface area (Å²) in [5, 5.41) is 9.49. The summed E-state index contributed by atoms with van der Waals surface area (Å²) in [6.45, 7) is 6.97. The van der Waals surface area contributed by atoms with Gasteiger partial charge in [0.1, 0.15) is 0 Å². The molecule has 2 amide bonds. The number of carbonyl (C=O) groups excluding carboxylic acids is 1. The van der Waals surface area contributed by atoms with Gasteiger partial charge in [0.15, 0.2) is 0 Å². The number of benzene rings is 2. The third-order valence-electron chi connectivity index (χ3n) is 6.32. The van der Waals surface area contributed by atoms with Gasteiger partial charge in [-0.2, -0.15) is 0 Å². The number of hydrogen-bond donors (Lipinski definition) is 2. The highest BCUT2D eigenvalue weighted by atomic mass is 32.1. The molecule has 1 saturated heterocycles. The highest BCUT2D eigenvalue weighted by Crippen LogP contribution is 2.38. The zero-order valence-electron chi connectivity index (χ0n) is 17.9. The lowest BCUT2D eigenvalue weighted by molar-refractivity contribution is 0.144.